The second kappa shape index (κ2) is 7.37. The third kappa shape index (κ3) is 3.92. The Labute approximate surface area is 130 Å². The Hall–Kier alpha value is -2.67. The molecule has 1 heterocycles. The molecule has 1 N–H and O–H groups in total. The van der Waals surface area contributed by atoms with Gasteiger partial charge in [-0.2, -0.15) is 0 Å². The van der Waals surface area contributed by atoms with E-state index in [1.165, 1.54) is 18.4 Å². The number of nitrogens with one attached hydrogen (secondary N) is 1. The number of anilines is 1. The molecule has 0 aliphatic heterocycles. The first kappa shape index (κ1) is 15.7. The number of aldehydes is 1. The maximum absolute atomic E-state index is 11.8. The lowest BCUT2D eigenvalue weighted by Gasteiger charge is -2.07. The molecule has 2 rings (SSSR count). The van der Waals surface area contributed by atoms with Crippen molar-refractivity contribution in [1.29, 1.82) is 0 Å². The van der Waals surface area contributed by atoms with Crippen LogP contribution >= 0.6 is 11.3 Å². The lowest BCUT2D eigenvalue weighted by Crippen LogP contribution is -2.21. The zero-order valence-corrected chi connectivity index (χ0v) is 12.5. The van der Waals surface area contributed by atoms with E-state index in [0.29, 0.717) is 21.9 Å². The van der Waals surface area contributed by atoms with Crippen LogP contribution in [0.25, 0.3) is 0 Å². The Bertz CT molecular complexity index is 677. The molecule has 0 radical (unpaired) electrons. The normalized spacial score (nSPS) is 9.86. The third-order valence-electron chi connectivity index (χ3n) is 2.70. The lowest BCUT2D eigenvalue weighted by atomic mass is 10.2. The molecule has 114 valence electrons. The number of ether oxygens (including phenoxy) is 2. The Morgan fingerprint density at radius 2 is 1.95 bits per heavy atom. The third-order valence-corrected chi connectivity index (χ3v) is 3.59. The Morgan fingerprint density at radius 3 is 2.59 bits per heavy atom. The molecule has 2 aromatic rings. The number of hydrogen-bond donors (Lipinski definition) is 1. The number of methoxy groups -OCH3 is 1. The molecule has 1 aromatic heterocycles. The summed E-state index contributed by atoms with van der Waals surface area (Å²) in [5, 5.41) is 4.27. The molecular weight excluding hydrogens is 306 g/mol. The fourth-order valence-electron chi connectivity index (χ4n) is 1.64. The van der Waals surface area contributed by atoms with Gasteiger partial charge in [0, 0.05) is 5.56 Å². The molecule has 0 fully saturated rings. The van der Waals surface area contributed by atoms with E-state index >= 15 is 0 Å². The zero-order chi connectivity index (χ0) is 15.9. The molecule has 6 nitrogen and oxygen atoms in total. The molecule has 0 spiro atoms. The predicted molar refractivity (Wildman–Crippen MR) is 81.6 cm³/mol. The van der Waals surface area contributed by atoms with E-state index in [2.05, 4.69) is 10.1 Å². The van der Waals surface area contributed by atoms with Gasteiger partial charge in [0.15, 0.2) is 6.61 Å². The van der Waals surface area contributed by atoms with E-state index in [-0.39, 0.29) is 6.61 Å². The van der Waals surface area contributed by atoms with Crippen LogP contribution in [0.15, 0.2) is 35.7 Å². The molecule has 1 amide bonds. The summed E-state index contributed by atoms with van der Waals surface area (Å²) < 4.78 is 9.93. The largest absolute Gasteiger partial charge is 0.484 e. The maximum Gasteiger partial charge on any atom is 0.350 e. The van der Waals surface area contributed by atoms with Crippen molar-refractivity contribution in [2.24, 2.45) is 0 Å². The van der Waals surface area contributed by atoms with Crippen molar-refractivity contribution in [3.8, 4) is 5.75 Å². The van der Waals surface area contributed by atoms with E-state index in [4.69, 9.17) is 4.74 Å². The maximum atomic E-state index is 11.8. The van der Waals surface area contributed by atoms with Gasteiger partial charge < -0.3 is 14.8 Å². The van der Waals surface area contributed by atoms with Crippen molar-refractivity contribution in [2.75, 3.05) is 19.0 Å². The summed E-state index contributed by atoms with van der Waals surface area (Å²) in [6, 6.07) is 8.00. The number of hydrogen-bond acceptors (Lipinski definition) is 6. The first-order chi connectivity index (χ1) is 10.6. The minimum Gasteiger partial charge on any atom is -0.484 e. The molecule has 22 heavy (non-hydrogen) atoms. The van der Waals surface area contributed by atoms with Gasteiger partial charge >= 0.3 is 5.97 Å². The highest BCUT2D eigenvalue weighted by Crippen LogP contribution is 2.23. The van der Waals surface area contributed by atoms with E-state index in [0.717, 1.165) is 6.29 Å². The Balaban J connectivity index is 1.91. The molecule has 0 bridgehead atoms. The minimum absolute atomic E-state index is 0.211. The van der Waals surface area contributed by atoms with E-state index in [1.807, 2.05) is 0 Å². The second-order valence-corrected chi connectivity index (χ2v) is 5.09. The van der Waals surface area contributed by atoms with Crippen molar-refractivity contribution < 1.29 is 23.9 Å². The van der Waals surface area contributed by atoms with E-state index in [1.54, 1.807) is 35.7 Å². The van der Waals surface area contributed by atoms with Crippen LogP contribution in [0.5, 0.6) is 5.75 Å². The predicted octanol–water partition coefficient (Wildman–Crippen LogP) is 2.36. The SMILES string of the molecule is COC(=O)c1sccc1NC(=O)COc1ccc(C=O)cc1. The highest BCUT2D eigenvalue weighted by molar-refractivity contribution is 7.12. The molecule has 7 heteroatoms. The fraction of sp³-hybridized carbons (Fsp3) is 0.133. The van der Waals surface area contributed by atoms with E-state index < -0.39 is 11.9 Å². The minimum atomic E-state index is -0.504. The summed E-state index contributed by atoms with van der Waals surface area (Å²) in [6.07, 6.45) is 0.724. The van der Waals surface area contributed by atoms with E-state index in [9.17, 15) is 14.4 Å². The number of carbonyl (C=O) groups is 3. The van der Waals surface area contributed by atoms with Crippen LogP contribution < -0.4 is 10.1 Å². The van der Waals surface area contributed by atoms with Crippen LogP contribution in [0.4, 0.5) is 5.69 Å². The van der Waals surface area contributed by atoms with Crippen LogP contribution in [-0.4, -0.2) is 31.9 Å². The van der Waals surface area contributed by atoms with Gasteiger partial charge in [-0.1, -0.05) is 0 Å². The first-order valence-electron chi connectivity index (χ1n) is 6.27. The smallest absolute Gasteiger partial charge is 0.350 e. The topological polar surface area (TPSA) is 81.7 Å². The fourth-order valence-corrected chi connectivity index (χ4v) is 2.40. The molecule has 0 aliphatic rings. The standard InChI is InChI=1S/C15H13NO5S/c1-20-15(19)14-12(6-7-22-14)16-13(18)9-21-11-4-2-10(8-17)3-5-11/h2-8H,9H2,1H3,(H,16,18). The second-order valence-electron chi connectivity index (χ2n) is 4.18. The summed E-state index contributed by atoms with van der Waals surface area (Å²) in [7, 11) is 1.28. The van der Waals surface area contributed by atoms with Gasteiger partial charge in [0.2, 0.25) is 0 Å². The summed E-state index contributed by atoms with van der Waals surface area (Å²) in [4.78, 5) is 34.2. The average Bonchev–Trinajstić information content (AvgIpc) is 3.00. The van der Waals surface area contributed by atoms with Gasteiger partial charge in [0.25, 0.3) is 5.91 Å². The quantitative estimate of drug-likeness (QED) is 0.653. The van der Waals surface area contributed by atoms with Gasteiger partial charge in [0.1, 0.15) is 16.9 Å². The van der Waals surface area contributed by atoms with Crippen molar-refractivity contribution in [3.63, 3.8) is 0 Å². The average molecular weight is 319 g/mol. The molecule has 0 atom stereocenters. The molecule has 0 saturated carbocycles. The summed E-state index contributed by atoms with van der Waals surface area (Å²) in [5.74, 6) is -0.432. The van der Waals surface area contributed by atoms with Gasteiger partial charge in [-0.3, -0.25) is 9.59 Å². The molecule has 1 aromatic carbocycles. The van der Waals surface area contributed by atoms with Crippen molar-refractivity contribution >= 4 is 35.2 Å². The van der Waals surface area contributed by atoms with Crippen LogP contribution in [0.3, 0.4) is 0 Å². The van der Waals surface area contributed by atoms with Gasteiger partial charge in [-0.25, -0.2) is 4.79 Å². The van der Waals surface area contributed by atoms with Crippen molar-refractivity contribution in [1.82, 2.24) is 0 Å². The lowest BCUT2D eigenvalue weighted by molar-refractivity contribution is -0.118. The number of thiophene rings is 1. The number of amides is 1. The molecule has 0 unspecified atom stereocenters. The summed E-state index contributed by atoms with van der Waals surface area (Å²) in [6.45, 7) is -0.211. The highest BCUT2D eigenvalue weighted by Gasteiger charge is 2.15. The Kier molecular flexibility index (Phi) is 5.26. The molecule has 0 aliphatic carbocycles. The van der Waals surface area contributed by atoms with Crippen molar-refractivity contribution in [2.45, 2.75) is 0 Å². The van der Waals surface area contributed by atoms with Crippen molar-refractivity contribution in [3.05, 3.63) is 46.2 Å². The summed E-state index contributed by atoms with van der Waals surface area (Å²) in [5.41, 5.74) is 0.916. The number of carbonyl (C=O) groups excluding carboxylic acids is 3. The number of rotatable bonds is 6. The molecule has 0 saturated heterocycles. The highest BCUT2D eigenvalue weighted by atomic mass is 32.1. The van der Waals surface area contributed by atoms with Gasteiger partial charge in [0.05, 0.1) is 12.8 Å². The van der Waals surface area contributed by atoms with Gasteiger partial charge in [-0.05, 0) is 35.7 Å². The first-order valence-corrected chi connectivity index (χ1v) is 7.15. The summed E-state index contributed by atoms with van der Waals surface area (Å²) >= 11 is 1.18. The van der Waals surface area contributed by atoms with Gasteiger partial charge in [-0.15, -0.1) is 11.3 Å². The monoisotopic (exact) mass is 319 g/mol. The van der Waals surface area contributed by atoms with Crippen LogP contribution in [0.1, 0.15) is 20.0 Å². The van der Waals surface area contributed by atoms with Crippen LogP contribution in [0, 0.1) is 0 Å². The number of benzene rings is 1. The molecular formula is C15H13NO5S. The van der Waals surface area contributed by atoms with Crippen LogP contribution in [-0.2, 0) is 9.53 Å². The van der Waals surface area contributed by atoms with Crippen LogP contribution in [0.2, 0.25) is 0 Å². The zero-order valence-electron chi connectivity index (χ0n) is 11.7. The Morgan fingerprint density at radius 1 is 1.23 bits per heavy atom. The number of esters is 1.